The van der Waals surface area contributed by atoms with E-state index < -0.39 is 8.56 Å². The first-order chi connectivity index (χ1) is 5.95. The highest BCUT2D eigenvalue weighted by atomic mass is 127. The third-order valence-corrected chi connectivity index (χ3v) is 8.42. The van der Waals surface area contributed by atoms with Crippen LogP contribution in [0.1, 0.15) is 34.6 Å². The molecule has 0 saturated heterocycles. The molecule has 2 nitrogen and oxygen atoms in total. The van der Waals surface area contributed by atoms with E-state index in [1.54, 1.807) is 0 Å². The Bertz CT molecular complexity index is 124. The molecule has 0 atom stereocenters. The standard InChI is InChI=1S/C9H21IO2Si/c1-6-13(7-10,11-8(2)3)12-9(4)5/h8-9H,6-7H2,1-5H3. The van der Waals surface area contributed by atoms with E-state index in [-0.39, 0.29) is 12.2 Å². The van der Waals surface area contributed by atoms with Crippen molar-refractivity contribution >= 4 is 31.2 Å². The monoisotopic (exact) mass is 316 g/mol. The summed E-state index contributed by atoms with van der Waals surface area (Å²) < 4.78 is 12.9. The predicted molar refractivity (Wildman–Crippen MR) is 67.6 cm³/mol. The summed E-state index contributed by atoms with van der Waals surface area (Å²) in [5, 5.41) is 0. The molecule has 0 unspecified atom stereocenters. The predicted octanol–water partition coefficient (Wildman–Crippen LogP) is 3.27. The van der Waals surface area contributed by atoms with Crippen LogP contribution in [0.15, 0.2) is 0 Å². The molecule has 0 aromatic rings. The molecule has 0 amide bonds. The molecule has 0 aliphatic heterocycles. The first-order valence-corrected chi connectivity index (χ1v) is 8.63. The summed E-state index contributed by atoms with van der Waals surface area (Å²) >= 11 is 2.38. The van der Waals surface area contributed by atoms with Gasteiger partial charge in [0.1, 0.15) is 0 Å². The molecule has 0 spiro atoms. The molecule has 80 valence electrons. The van der Waals surface area contributed by atoms with Crippen molar-refractivity contribution in [1.82, 2.24) is 0 Å². The Kier molecular flexibility index (Phi) is 6.79. The minimum atomic E-state index is -1.88. The van der Waals surface area contributed by atoms with Gasteiger partial charge in [0.25, 0.3) is 0 Å². The van der Waals surface area contributed by atoms with Crippen LogP contribution < -0.4 is 0 Å². The molecule has 0 N–H and O–H groups in total. The number of hydrogen-bond donors (Lipinski definition) is 0. The number of hydrogen-bond acceptors (Lipinski definition) is 2. The summed E-state index contributed by atoms with van der Waals surface area (Å²) in [7, 11) is -1.88. The van der Waals surface area contributed by atoms with E-state index in [4.69, 9.17) is 8.85 Å². The lowest BCUT2D eigenvalue weighted by Crippen LogP contribution is -2.47. The zero-order valence-electron chi connectivity index (χ0n) is 9.26. The highest BCUT2D eigenvalue weighted by molar-refractivity contribution is 14.1. The fourth-order valence-electron chi connectivity index (χ4n) is 1.21. The molecular weight excluding hydrogens is 295 g/mol. The molecule has 13 heavy (non-hydrogen) atoms. The van der Waals surface area contributed by atoms with E-state index in [1.807, 2.05) is 0 Å². The Morgan fingerprint density at radius 2 is 1.46 bits per heavy atom. The van der Waals surface area contributed by atoms with Gasteiger partial charge >= 0.3 is 8.56 Å². The van der Waals surface area contributed by atoms with Crippen LogP contribution >= 0.6 is 22.6 Å². The van der Waals surface area contributed by atoms with Crippen LogP contribution in [0.3, 0.4) is 0 Å². The van der Waals surface area contributed by atoms with Crippen molar-refractivity contribution in [2.24, 2.45) is 0 Å². The highest BCUT2D eigenvalue weighted by Crippen LogP contribution is 2.20. The quantitative estimate of drug-likeness (QED) is 0.425. The van der Waals surface area contributed by atoms with Gasteiger partial charge in [-0.05, 0) is 33.7 Å². The van der Waals surface area contributed by atoms with E-state index in [2.05, 4.69) is 57.2 Å². The van der Waals surface area contributed by atoms with Crippen LogP contribution in [-0.4, -0.2) is 24.8 Å². The topological polar surface area (TPSA) is 18.5 Å². The average molecular weight is 316 g/mol. The molecule has 0 radical (unpaired) electrons. The lowest BCUT2D eigenvalue weighted by Gasteiger charge is -2.31. The highest BCUT2D eigenvalue weighted by Gasteiger charge is 2.36. The number of alkyl halides is 1. The zero-order valence-corrected chi connectivity index (χ0v) is 12.4. The van der Waals surface area contributed by atoms with Gasteiger partial charge in [-0.1, -0.05) is 29.5 Å². The third-order valence-electron chi connectivity index (χ3n) is 1.64. The second-order valence-electron chi connectivity index (χ2n) is 3.73. The average Bonchev–Trinajstić information content (AvgIpc) is 2.01. The van der Waals surface area contributed by atoms with E-state index in [0.717, 1.165) is 10.1 Å². The summed E-state index contributed by atoms with van der Waals surface area (Å²) in [6.07, 6.45) is 0.556. The van der Waals surface area contributed by atoms with Gasteiger partial charge in [0.15, 0.2) is 0 Å². The maximum absolute atomic E-state index is 5.96. The molecule has 0 aromatic heterocycles. The molecule has 0 heterocycles. The largest absolute Gasteiger partial charge is 0.391 e. The first kappa shape index (κ1) is 13.9. The van der Waals surface area contributed by atoms with Gasteiger partial charge < -0.3 is 8.85 Å². The van der Waals surface area contributed by atoms with Crippen LogP contribution in [0.5, 0.6) is 0 Å². The van der Waals surface area contributed by atoms with Crippen molar-refractivity contribution in [3.63, 3.8) is 0 Å². The summed E-state index contributed by atoms with van der Waals surface area (Å²) in [4.78, 5) is 0. The third kappa shape index (κ3) is 5.34. The van der Waals surface area contributed by atoms with Crippen LogP contribution in [0, 0.1) is 0 Å². The van der Waals surface area contributed by atoms with E-state index in [0.29, 0.717) is 0 Å². The Balaban J connectivity index is 4.30. The van der Waals surface area contributed by atoms with Gasteiger partial charge in [-0.15, -0.1) is 0 Å². The first-order valence-electron chi connectivity index (χ1n) is 4.87. The van der Waals surface area contributed by atoms with Crippen LogP contribution in [0.4, 0.5) is 0 Å². The molecule has 0 saturated carbocycles. The van der Waals surface area contributed by atoms with Crippen molar-refractivity contribution in [3.05, 3.63) is 0 Å². The molecule has 0 fully saturated rings. The van der Waals surface area contributed by atoms with E-state index >= 15 is 0 Å². The normalized spacial score (nSPS) is 12.9. The second-order valence-corrected chi connectivity index (χ2v) is 9.29. The Hall–Kier alpha value is 0.867. The van der Waals surface area contributed by atoms with Crippen molar-refractivity contribution in [2.45, 2.75) is 52.9 Å². The Morgan fingerprint density at radius 3 is 1.62 bits per heavy atom. The van der Waals surface area contributed by atoms with Crippen molar-refractivity contribution < 1.29 is 8.85 Å². The molecule has 0 aliphatic carbocycles. The Morgan fingerprint density at radius 1 is 1.08 bits per heavy atom. The SMILES string of the molecule is CC[Si](CI)(OC(C)C)OC(C)C. The molecular formula is C9H21IO2Si. The maximum atomic E-state index is 5.96. The lowest BCUT2D eigenvalue weighted by molar-refractivity contribution is 0.110. The van der Waals surface area contributed by atoms with Gasteiger partial charge in [-0.2, -0.15) is 0 Å². The molecule has 0 aliphatic rings. The van der Waals surface area contributed by atoms with Gasteiger partial charge in [-0.25, -0.2) is 0 Å². The molecule has 0 bridgehead atoms. The second kappa shape index (κ2) is 6.37. The summed E-state index contributed by atoms with van der Waals surface area (Å²) in [6, 6.07) is 1.03. The van der Waals surface area contributed by atoms with Crippen LogP contribution in [-0.2, 0) is 8.85 Å². The zero-order chi connectivity index (χ0) is 10.5. The van der Waals surface area contributed by atoms with E-state index in [9.17, 15) is 0 Å². The lowest BCUT2D eigenvalue weighted by atomic mass is 10.5. The fraction of sp³-hybridized carbons (Fsp3) is 1.00. The molecule has 0 rings (SSSR count). The fourth-order valence-corrected chi connectivity index (χ4v) is 6.33. The van der Waals surface area contributed by atoms with Gasteiger partial charge in [0, 0.05) is 16.3 Å². The van der Waals surface area contributed by atoms with Gasteiger partial charge in [0.05, 0.1) is 0 Å². The number of halogens is 1. The van der Waals surface area contributed by atoms with Crippen LogP contribution in [0.2, 0.25) is 6.04 Å². The van der Waals surface area contributed by atoms with E-state index in [1.165, 1.54) is 0 Å². The van der Waals surface area contributed by atoms with Crippen LogP contribution in [0.25, 0.3) is 0 Å². The molecule has 0 aromatic carbocycles. The summed E-state index contributed by atoms with van der Waals surface area (Å²) in [6.45, 7) is 10.5. The smallest absolute Gasteiger partial charge is 0.348 e. The van der Waals surface area contributed by atoms with Gasteiger partial charge in [0.2, 0.25) is 0 Å². The Labute approximate surface area is 96.8 Å². The van der Waals surface area contributed by atoms with Gasteiger partial charge in [-0.3, -0.25) is 0 Å². The van der Waals surface area contributed by atoms with Crippen molar-refractivity contribution in [1.29, 1.82) is 0 Å². The van der Waals surface area contributed by atoms with Crippen molar-refractivity contribution in [2.75, 3.05) is 4.05 Å². The minimum Gasteiger partial charge on any atom is -0.391 e. The summed E-state index contributed by atoms with van der Waals surface area (Å²) in [5.74, 6) is 0. The van der Waals surface area contributed by atoms with Crippen molar-refractivity contribution in [3.8, 4) is 0 Å². The summed E-state index contributed by atoms with van der Waals surface area (Å²) in [5.41, 5.74) is 0. The molecule has 4 heteroatoms. The maximum Gasteiger partial charge on any atom is 0.348 e. The number of rotatable bonds is 6. The minimum absolute atomic E-state index is 0.278.